The number of aliphatic hydroxyl groups is 1. The van der Waals surface area contributed by atoms with Crippen molar-refractivity contribution < 1.29 is 27.9 Å². The summed E-state index contributed by atoms with van der Waals surface area (Å²) in [6, 6.07) is 4.06. The van der Waals surface area contributed by atoms with Gasteiger partial charge in [0.25, 0.3) is 5.91 Å². The molecule has 4 unspecified atom stereocenters. The summed E-state index contributed by atoms with van der Waals surface area (Å²) in [6.45, 7) is 5.81. The smallest absolute Gasteiger partial charge is 0.374 e. The molecule has 1 aliphatic heterocycles. The molecular formula is C25H30F3N5O3. The van der Waals surface area contributed by atoms with Gasteiger partial charge in [-0.05, 0) is 64.7 Å². The molecule has 2 amide bonds. The molecule has 0 radical (unpaired) electrons. The first-order chi connectivity index (χ1) is 16.9. The molecule has 8 nitrogen and oxygen atoms in total. The first-order valence-electron chi connectivity index (χ1n) is 12.0. The van der Waals surface area contributed by atoms with Gasteiger partial charge in [-0.3, -0.25) is 24.9 Å². The molecule has 3 heterocycles. The van der Waals surface area contributed by atoms with Crippen LogP contribution in [0.5, 0.6) is 0 Å². The number of aromatic nitrogens is 2. The van der Waals surface area contributed by atoms with Crippen molar-refractivity contribution in [3.05, 3.63) is 59.2 Å². The monoisotopic (exact) mass is 505 g/mol. The average Bonchev–Trinajstić information content (AvgIpc) is 3.55. The van der Waals surface area contributed by atoms with E-state index < -0.39 is 35.5 Å². The van der Waals surface area contributed by atoms with E-state index in [2.05, 4.69) is 20.6 Å². The standard InChI is InChI=1S/C25H30F3N5O3/c1-14-4-5-15(2)33(14)22(35)17-6-7-20(30-12-17)16(3)31-23(36)24(8-9-24)32-21(34)18-10-19(13-29-11-18)25(26,27)28/h6-7,10-16,21,32,34H,4-5,8-9H2,1-3H3,(H,31,36). The SMILES string of the molecule is CC(NC(=O)C1(NC(O)c2cncc(C(F)(F)F)c2)CC1)c1ccc(C(=O)N2C(C)CCC2C)cn1. The molecule has 4 atom stereocenters. The zero-order chi connectivity index (χ0) is 26.3. The predicted octanol–water partition coefficient (Wildman–Crippen LogP) is 3.50. The highest BCUT2D eigenvalue weighted by Gasteiger charge is 2.51. The van der Waals surface area contributed by atoms with Crippen molar-refractivity contribution in [1.82, 2.24) is 25.5 Å². The number of carbonyl (C=O) groups excluding carboxylic acids is 2. The Hall–Kier alpha value is -3.05. The van der Waals surface area contributed by atoms with E-state index in [1.807, 2.05) is 18.7 Å². The molecule has 36 heavy (non-hydrogen) atoms. The summed E-state index contributed by atoms with van der Waals surface area (Å²) in [6.07, 6.45) is -0.00718. The van der Waals surface area contributed by atoms with Crippen LogP contribution in [0.4, 0.5) is 13.2 Å². The Morgan fingerprint density at radius 2 is 1.81 bits per heavy atom. The van der Waals surface area contributed by atoms with Gasteiger partial charge in [-0.2, -0.15) is 13.2 Å². The number of hydrogen-bond donors (Lipinski definition) is 3. The number of hydrogen-bond acceptors (Lipinski definition) is 6. The van der Waals surface area contributed by atoms with Crippen LogP contribution in [0.15, 0.2) is 36.8 Å². The van der Waals surface area contributed by atoms with Gasteiger partial charge in [0.05, 0.1) is 22.9 Å². The van der Waals surface area contributed by atoms with Gasteiger partial charge in [0.15, 0.2) is 0 Å². The topological polar surface area (TPSA) is 107 Å². The summed E-state index contributed by atoms with van der Waals surface area (Å²) in [5, 5.41) is 16.0. The summed E-state index contributed by atoms with van der Waals surface area (Å²) in [7, 11) is 0. The molecule has 4 rings (SSSR count). The third kappa shape index (κ3) is 5.36. The third-order valence-corrected chi connectivity index (χ3v) is 7.01. The number of rotatable bonds is 7. The van der Waals surface area contributed by atoms with Crippen molar-refractivity contribution in [2.75, 3.05) is 0 Å². The van der Waals surface area contributed by atoms with E-state index >= 15 is 0 Å². The summed E-state index contributed by atoms with van der Waals surface area (Å²) in [5.74, 6) is -0.460. The number of halogens is 3. The Labute approximate surface area is 207 Å². The second-order valence-corrected chi connectivity index (χ2v) is 9.79. The number of pyridine rings is 2. The number of alkyl halides is 3. The minimum absolute atomic E-state index is 0.0672. The highest BCUT2D eigenvalue weighted by molar-refractivity contribution is 5.94. The average molecular weight is 506 g/mol. The van der Waals surface area contributed by atoms with Gasteiger partial charge in [0, 0.05) is 36.2 Å². The lowest BCUT2D eigenvalue weighted by Gasteiger charge is -2.26. The Balaban J connectivity index is 1.38. The van der Waals surface area contributed by atoms with Gasteiger partial charge in [-0.15, -0.1) is 0 Å². The van der Waals surface area contributed by atoms with Gasteiger partial charge in [-0.25, -0.2) is 0 Å². The predicted molar refractivity (Wildman–Crippen MR) is 124 cm³/mol. The van der Waals surface area contributed by atoms with Crippen LogP contribution in [0.2, 0.25) is 0 Å². The zero-order valence-corrected chi connectivity index (χ0v) is 20.3. The van der Waals surface area contributed by atoms with Crippen LogP contribution in [0.3, 0.4) is 0 Å². The Bertz CT molecular complexity index is 1110. The maximum absolute atomic E-state index is 13.0. The second kappa shape index (κ2) is 9.78. The van der Waals surface area contributed by atoms with Crippen molar-refractivity contribution in [3.63, 3.8) is 0 Å². The van der Waals surface area contributed by atoms with E-state index in [0.717, 1.165) is 25.1 Å². The van der Waals surface area contributed by atoms with Crippen molar-refractivity contribution in [3.8, 4) is 0 Å². The highest BCUT2D eigenvalue weighted by Crippen LogP contribution is 2.39. The molecule has 1 saturated heterocycles. The summed E-state index contributed by atoms with van der Waals surface area (Å²) >= 11 is 0. The maximum atomic E-state index is 13.0. The molecular weight excluding hydrogens is 475 g/mol. The number of amides is 2. The van der Waals surface area contributed by atoms with Gasteiger partial charge in [0.2, 0.25) is 5.91 Å². The molecule has 0 bridgehead atoms. The lowest BCUT2D eigenvalue weighted by molar-refractivity contribution is -0.138. The van der Waals surface area contributed by atoms with Crippen molar-refractivity contribution >= 4 is 11.8 Å². The van der Waals surface area contributed by atoms with E-state index in [-0.39, 0.29) is 23.6 Å². The lowest BCUT2D eigenvalue weighted by Crippen LogP contribution is -2.48. The quantitative estimate of drug-likeness (QED) is 0.498. The molecule has 2 fully saturated rings. The van der Waals surface area contributed by atoms with E-state index in [9.17, 15) is 27.9 Å². The molecule has 2 aromatic rings. The molecule has 1 saturated carbocycles. The normalized spacial score (nSPS) is 22.7. The third-order valence-electron chi connectivity index (χ3n) is 7.01. The van der Waals surface area contributed by atoms with Gasteiger partial charge in [0.1, 0.15) is 11.8 Å². The second-order valence-electron chi connectivity index (χ2n) is 9.79. The van der Waals surface area contributed by atoms with Crippen LogP contribution in [0.1, 0.15) is 85.9 Å². The van der Waals surface area contributed by atoms with Crippen LogP contribution < -0.4 is 10.6 Å². The van der Waals surface area contributed by atoms with Crippen LogP contribution in [0, 0.1) is 0 Å². The van der Waals surface area contributed by atoms with Crippen LogP contribution in [-0.2, 0) is 11.0 Å². The van der Waals surface area contributed by atoms with E-state index in [4.69, 9.17) is 0 Å². The van der Waals surface area contributed by atoms with Crippen molar-refractivity contribution in [1.29, 1.82) is 0 Å². The fourth-order valence-corrected chi connectivity index (χ4v) is 4.61. The largest absolute Gasteiger partial charge is 0.417 e. The van der Waals surface area contributed by atoms with Crippen LogP contribution in [-0.4, -0.2) is 49.4 Å². The maximum Gasteiger partial charge on any atom is 0.417 e. The number of carbonyl (C=O) groups is 2. The van der Waals surface area contributed by atoms with Gasteiger partial charge < -0.3 is 15.3 Å². The molecule has 194 valence electrons. The van der Waals surface area contributed by atoms with Crippen molar-refractivity contribution in [2.45, 2.75) is 82.5 Å². The number of aliphatic hydroxyl groups excluding tert-OH is 1. The molecule has 11 heteroatoms. The minimum atomic E-state index is -4.59. The van der Waals surface area contributed by atoms with E-state index in [1.54, 1.807) is 19.1 Å². The summed E-state index contributed by atoms with van der Waals surface area (Å²) in [5.41, 5.74) is -1.12. The Kier molecular flexibility index (Phi) is 7.07. The molecule has 3 N–H and O–H groups in total. The van der Waals surface area contributed by atoms with E-state index in [0.29, 0.717) is 30.3 Å². The number of nitrogens with one attached hydrogen (secondary N) is 2. The number of likely N-dealkylation sites (tertiary alicyclic amines) is 1. The summed E-state index contributed by atoms with van der Waals surface area (Å²) in [4.78, 5) is 35.6. The Morgan fingerprint density at radius 1 is 1.14 bits per heavy atom. The zero-order valence-electron chi connectivity index (χ0n) is 20.3. The minimum Gasteiger partial charge on any atom is -0.374 e. The first-order valence-corrected chi connectivity index (χ1v) is 12.0. The van der Waals surface area contributed by atoms with Gasteiger partial charge in [-0.1, -0.05) is 0 Å². The lowest BCUT2D eigenvalue weighted by atomic mass is 10.1. The molecule has 0 spiro atoms. The van der Waals surface area contributed by atoms with E-state index in [1.165, 1.54) is 6.20 Å². The molecule has 0 aromatic carbocycles. The van der Waals surface area contributed by atoms with Crippen LogP contribution >= 0.6 is 0 Å². The molecule has 2 aromatic heterocycles. The molecule has 1 aliphatic carbocycles. The molecule has 2 aliphatic rings. The fourth-order valence-electron chi connectivity index (χ4n) is 4.61. The number of nitrogens with zero attached hydrogens (tertiary/aromatic N) is 3. The first kappa shape index (κ1) is 26.0. The van der Waals surface area contributed by atoms with Crippen LogP contribution in [0.25, 0.3) is 0 Å². The van der Waals surface area contributed by atoms with Crippen molar-refractivity contribution in [2.24, 2.45) is 0 Å². The Morgan fingerprint density at radius 3 is 2.36 bits per heavy atom. The summed E-state index contributed by atoms with van der Waals surface area (Å²) < 4.78 is 38.9. The van der Waals surface area contributed by atoms with Gasteiger partial charge >= 0.3 is 6.18 Å². The highest BCUT2D eigenvalue weighted by atomic mass is 19.4. The fraction of sp³-hybridized carbons (Fsp3) is 0.520.